The van der Waals surface area contributed by atoms with E-state index in [9.17, 15) is 14.4 Å². The normalized spacial score (nSPS) is 18.1. The van der Waals surface area contributed by atoms with Gasteiger partial charge in [-0.25, -0.2) is 4.79 Å². The zero-order valence-corrected chi connectivity index (χ0v) is 19.9. The van der Waals surface area contributed by atoms with Crippen molar-refractivity contribution in [3.63, 3.8) is 0 Å². The molecule has 5 rings (SSSR count). The van der Waals surface area contributed by atoms with Crippen molar-refractivity contribution in [2.75, 3.05) is 13.7 Å². The summed E-state index contributed by atoms with van der Waals surface area (Å²) in [6, 6.07) is 19.0. The molecule has 0 saturated heterocycles. The number of carbonyl (C=O) groups excluding carboxylic acids is 3. The number of methoxy groups -OCH3 is 1. The van der Waals surface area contributed by atoms with Crippen LogP contribution in [-0.4, -0.2) is 42.5 Å². The molecule has 2 atom stereocenters. The smallest absolute Gasteiger partial charge is 0.328 e. The van der Waals surface area contributed by atoms with Crippen LogP contribution in [-0.2, 0) is 27.3 Å². The lowest BCUT2D eigenvalue weighted by molar-refractivity contribution is -0.146. The Morgan fingerprint density at radius 1 is 0.944 bits per heavy atom. The van der Waals surface area contributed by atoms with Gasteiger partial charge in [-0.2, -0.15) is 0 Å². The van der Waals surface area contributed by atoms with Crippen LogP contribution in [0.3, 0.4) is 0 Å². The summed E-state index contributed by atoms with van der Waals surface area (Å²) in [5, 5.41) is 0. The van der Waals surface area contributed by atoms with E-state index < -0.39 is 12.0 Å². The fourth-order valence-corrected chi connectivity index (χ4v) is 4.54. The van der Waals surface area contributed by atoms with Gasteiger partial charge in [-0.15, -0.1) is 0 Å². The Kier molecular flexibility index (Phi) is 6.33. The summed E-state index contributed by atoms with van der Waals surface area (Å²) in [6.07, 6.45) is -0.0338. The van der Waals surface area contributed by atoms with E-state index in [4.69, 9.17) is 18.9 Å². The molecule has 0 radical (unpaired) electrons. The van der Waals surface area contributed by atoms with Crippen molar-refractivity contribution < 1.29 is 33.3 Å². The van der Waals surface area contributed by atoms with Crippen LogP contribution < -0.4 is 14.2 Å². The van der Waals surface area contributed by atoms with Gasteiger partial charge in [0.15, 0.2) is 17.6 Å². The van der Waals surface area contributed by atoms with Crippen LogP contribution in [0.15, 0.2) is 66.7 Å². The highest BCUT2D eigenvalue weighted by Crippen LogP contribution is 2.41. The van der Waals surface area contributed by atoms with Crippen LogP contribution in [0.1, 0.15) is 40.1 Å². The third kappa shape index (κ3) is 4.62. The van der Waals surface area contributed by atoms with Gasteiger partial charge < -0.3 is 23.8 Å². The highest BCUT2D eigenvalue weighted by molar-refractivity contribution is 5.97. The fourth-order valence-electron chi connectivity index (χ4n) is 4.54. The minimum atomic E-state index is -0.735. The number of rotatable bonds is 4. The maximum Gasteiger partial charge on any atom is 0.328 e. The summed E-state index contributed by atoms with van der Waals surface area (Å²) in [6.45, 7) is 1.89. The van der Waals surface area contributed by atoms with Crippen LogP contribution in [0.2, 0.25) is 0 Å². The number of esters is 2. The summed E-state index contributed by atoms with van der Waals surface area (Å²) in [5.41, 5.74) is 3.17. The number of carbonyl (C=O) groups is 3. The Hall–Kier alpha value is -4.33. The summed E-state index contributed by atoms with van der Waals surface area (Å²) in [5.74, 6) is 0.536. The molecule has 0 saturated carbocycles. The van der Waals surface area contributed by atoms with E-state index >= 15 is 0 Å². The predicted octanol–water partition coefficient (Wildman–Crippen LogP) is 3.86. The second-order valence-corrected chi connectivity index (χ2v) is 8.69. The van der Waals surface area contributed by atoms with Gasteiger partial charge in [0.1, 0.15) is 18.4 Å². The molecule has 0 fully saturated rings. The molecule has 0 N–H and O–H groups in total. The molecule has 0 aliphatic carbocycles. The monoisotopic (exact) mass is 487 g/mol. The lowest BCUT2D eigenvalue weighted by Gasteiger charge is -2.36. The Bertz CT molecular complexity index is 1300. The average molecular weight is 488 g/mol. The number of hydrogen-bond acceptors (Lipinski definition) is 7. The van der Waals surface area contributed by atoms with Gasteiger partial charge in [0.2, 0.25) is 0 Å². The molecule has 8 heteroatoms. The van der Waals surface area contributed by atoms with Crippen LogP contribution >= 0.6 is 0 Å². The largest absolute Gasteiger partial charge is 0.485 e. The van der Waals surface area contributed by atoms with Crippen LogP contribution in [0.25, 0.3) is 0 Å². The molecule has 2 heterocycles. The summed E-state index contributed by atoms with van der Waals surface area (Å²) in [7, 11) is 1.33. The molecule has 8 nitrogen and oxygen atoms in total. The fraction of sp³-hybridized carbons (Fsp3) is 0.250. The predicted molar refractivity (Wildman–Crippen MR) is 129 cm³/mol. The highest BCUT2D eigenvalue weighted by Gasteiger charge is 2.37. The number of fused-ring (bicyclic) bond motifs is 2. The SMILES string of the molecule is COC(=O)C1Cc2cc3c(cc2CN1C(=O)c1ccccc1)OC(c1ccc(OC(C)=O)cc1)CO3. The van der Waals surface area contributed by atoms with E-state index in [1.807, 2.05) is 30.3 Å². The Labute approximate surface area is 208 Å². The molecular weight excluding hydrogens is 462 g/mol. The Morgan fingerprint density at radius 2 is 1.67 bits per heavy atom. The molecule has 3 aromatic carbocycles. The molecule has 0 bridgehead atoms. The van der Waals surface area contributed by atoms with Crippen molar-refractivity contribution in [1.29, 1.82) is 0 Å². The number of nitrogens with zero attached hydrogens (tertiary/aromatic N) is 1. The number of amides is 1. The quantitative estimate of drug-likeness (QED) is 0.408. The van der Waals surface area contributed by atoms with Gasteiger partial charge in [0, 0.05) is 25.5 Å². The number of hydrogen-bond donors (Lipinski definition) is 0. The molecular formula is C28H25NO7. The van der Waals surface area contributed by atoms with Crippen molar-refractivity contribution in [2.45, 2.75) is 32.0 Å². The van der Waals surface area contributed by atoms with E-state index in [2.05, 4.69) is 0 Å². The number of benzene rings is 3. The first-order chi connectivity index (χ1) is 17.4. The molecule has 2 aliphatic heterocycles. The highest BCUT2D eigenvalue weighted by atomic mass is 16.6. The minimum Gasteiger partial charge on any atom is -0.485 e. The van der Waals surface area contributed by atoms with Gasteiger partial charge in [-0.05, 0) is 53.1 Å². The van der Waals surface area contributed by atoms with Crippen molar-refractivity contribution in [2.24, 2.45) is 0 Å². The molecule has 2 unspecified atom stereocenters. The third-order valence-corrected chi connectivity index (χ3v) is 6.32. The summed E-state index contributed by atoms with van der Waals surface area (Å²) < 4.78 is 22.4. The van der Waals surface area contributed by atoms with Crippen LogP contribution in [0.5, 0.6) is 17.2 Å². The van der Waals surface area contributed by atoms with Gasteiger partial charge in [-0.1, -0.05) is 30.3 Å². The second kappa shape index (κ2) is 9.73. The molecule has 0 spiro atoms. The van der Waals surface area contributed by atoms with Crippen molar-refractivity contribution >= 4 is 17.8 Å². The van der Waals surface area contributed by atoms with Gasteiger partial charge >= 0.3 is 11.9 Å². The Morgan fingerprint density at radius 3 is 2.36 bits per heavy atom. The first-order valence-electron chi connectivity index (χ1n) is 11.6. The van der Waals surface area contributed by atoms with Crippen molar-refractivity contribution in [3.8, 4) is 17.2 Å². The zero-order valence-electron chi connectivity index (χ0n) is 19.9. The third-order valence-electron chi connectivity index (χ3n) is 6.32. The van der Waals surface area contributed by atoms with Crippen LogP contribution in [0, 0.1) is 0 Å². The zero-order chi connectivity index (χ0) is 25.2. The van der Waals surface area contributed by atoms with Gasteiger partial charge in [0.25, 0.3) is 5.91 Å². The molecule has 3 aromatic rings. The first-order valence-corrected chi connectivity index (χ1v) is 11.6. The van der Waals surface area contributed by atoms with E-state index in [-0.39, 0.29) is 24.5 Å². The summed E-state index contributed by atoms with van der Waals surface area (Å²) in [4.78, 5) is 38.6. The first kappa shape index (κ1) is 23.4. The lowest BCUT2D eigenvalue weighted by Crippen LogP contribution is -2.49. The minimum absolute atomic E-state index is 0.237. The van der Waals surface area contributed by atoms with E-state index in [1.54, 1.807) is 41.3 Å². The standard InChI is InChI=1S/C28H25NO7/c1-17(30)35-22-10-8-18(9-11-22)26-16-34-24-13-20-12-23(28(32)33-2)29(15-21(20)14-25(24)36-26)27(31)19-6-4-3-5-7-19/h3-11,13-14,23,26H,12,15-16H2,1-2H3. The molecule has 36 heavy (non-hydrogen) atoms. The molecule has 0 aromatic heterocycles. The van der Waals surface area contributed by atoms with Gasteiger partial charge in [0.05, 0.1) is 7.11 Å². The topological polar surface area (TPSA) is 91.4 Å². The average Bonchev–Trinajstić information content (AvgIpc) is 2.90. The maximum absolute atomic E-state index is 13.3. The number of ether oxygens (including phenoxy) is 4. The van der Waals surface area contributed by atoms with E-state index in [0.29, 0.717) is 35.8 Å². The molecule has 1 amide bonds. The molecule has 184 valence electrons. The van der Waals surface area contributed by atoms with E-state index in [1.165, 1.54) is 14.0 Å². The van der Waals surface area contributed by atoms with Crippen molar-refractivity contribution in [1.82, 2.24) is 4.90 Å². The molecule has 2 aliphatic rings. The van der Waals surface area contributed by atoms with Crippen molar-refractivity contribution in [3.05, 3.63) is 89.0 Å². The summed E-state index contributed by atoms with van der Waals surface area (Å²) >= 11 is 0. The van der Waals surface area contributed by atoms with Crippen LogP contribution in [0.4, 0.5) is 0 Å². The van der Waals surface area contributed by atoms with Gasteiger partial charge in [-0.3, -0.25) is 9.59 Å². The van der Waals surface area contributed by atoms with E-state index in [0.717, 1.165) is 16.7 Å². The lowest BCUT2D eigenvalue weighted by atomic mass is 9.92. The maximum atomic E-state index is 13.3. The second-order valence-electron chi connectivity index (χ2n) is 8.69. The Balaban J connectivity index is 1.40.